The Morgan fingerprint density at radius 2 is 1.85 bits per heavy atom. The van der Waals surface area contributed by atoms with Gasteiger partial charge in [-0.25, -0.2) is 18.0 Å². The van der Waals surface area contributed by atoms with Crippen LogP contribution in [0.3, 0.4) is 0 Å². The molecule has 1 aromatic carbocycles. The van der Waals surface area contributed by atoms with Crippen LogP contribution in [0.25, 0.3) is 0 Å². The fraction of sp³-hybridized carbons (Fsp3) is 0.308. The molecule has 0 radical (unpaired) electrons. The lowest BCUT2D eigenvalue weighted by molar-refractivity contribution is 0.119. The zero-order valence-corrected chi connectivity index (χ0v) is 10.5. The Morgan fingerprint density at radius 3 is 2.55 bits per heavy atom. The number of carbonyl (C=O) groups excluding carboxylic acids is 1. The van der Waals surface area contributed by atoms with E-state index in [0.717, 1.165) is 17.7 Å². The molecule has 1 aliphatic heterocycles. The van der Waals surface area contributed by atoms with Gasteiger partial charge in [-0.15, -0.1) is 0 Å². The number of hydrogen-bond donors (Lipinski definition) is 2. The Bertz CT molecular complexity index is 539. The maximum atomic E-state index is 13.3. The van der Waals surface area contributed by atoms with Gasteiger partial charge in [0, 0.05) is 6.20 Å². The fourth-order valence-corrected chi connectivity index (χ4v) is 1.73. The van der Waals surface area contributed by atoms with Gasteiger partial charge in [0.2, 0.25) is 0 Å². The SMILES string of the molecule is O=C(NC=C1CCOCC1)Nc1ccc(F)c(F)c1F. The Hall–Kier alpha value is -2.02. The van der Waals surface area contributed by atoms with E-state index in [2.05, 4.69) is 10.6 Å². The number of ether oxygens (including phenoxy) is 1. The molecule has 0 bridgehead atoms. The van der Waals surface area contributed by atoms with E-state index in [-0.39, 0.29) is 0 Å². The molecule has 0 unspecified atom stereocenters. The van der Waals surface area contributed by atoms with Crippen molar-refractivity contribution in [3.63, 3.8) is 0 Å². The Labute approximate surface area is 113 Å². The molecule has 1 aliphatic rings. The van der Waals surface area contributed by atoms with Crippen LogP contribution < -0.4 is 10.6 Å². The van der Waals surface area contributed by atoms with Crippen molar-refractivity contribution in [1.29, 1.82) is 0 Å². The largest absolute Gasteiger partial charge is 0.381 e. The molecule has 1 aromatic rings. The van der Waals surface area contributed by atoms with Crippen molar-refractivity contribution in [3.8, 4) is 0 Å². The minimum absolute atomic E-state index is 0.424. The molecule has 0 atom stereocenters. The van der Waals surface area contributed by atoms with Gasteiger partial charge >= 0.3 is 6.03 Å². The zero-order chi connectivity index (χ0) is 14.5. The summed E-state index contributed by atoms with van der Waals surface area (Å²) in [6, 6.07) is 0.966. The van der Waals surface area contributed by atoms with Crippen LogP contribution in [0.4, 0.5) is 23.7 Å². The highest BCUT2D eigenvalue weighted by Gasteiger charge is 2.15. The quantitative estimate of drug-likeness (QED) is 0.821. The van der Waals surface area contributed by atoms with Crippen LogP contribution in [0, 0.1) is 17.5 Å². The molecule has 7 heteroatoms. The van der Waals surface area contributed by atoms with E-state index >= 15 is 0 Å². The van der Waals surface area contributed by atoms with Crippen LogP contribution in [0.1, 0.15) is 12.8 Å². The molecule has 0 saturated carbocycles. The first-order chi connectivity index (χ1) is 9.58. The standard InChI is InChI=1S/C13H13F3N2O2/c14-9-1-2-10(12(16)11(9)15)18-13(19)17-7-8-3-5-20-6-4-8/h1-2,7H,3-6H2,(H2,17,18,19). The molecule has 1 fully saturated rings. The maximum Gasteiger partial charge on any atom is 0.323 e. The lowest BCUT2D eigenvalue weighted by atomic mass is 10.1. The van der Waals surface area contributed by atoms with Crippen molar-refractivity contribution >= 4 is 11.7 Å². The molecule has 1 saturated heterocycles. The van der Waals surface area contributed by atoms with Crippen molar-refractivity contribution in [2.24, 2.45) is 0 Å². The van der Waals surface area contributed by atoms with Gasteiger partial charge in [-0.3, -0.25) is 0 Å². The topological polar surface area (TPSA) is 50.4 Å². The normalized spacial score (nSPS) is 14.8. The summed E-state index contributed by atoms with van der Waals surface area (Å²) in [5.74, 6) is -4.36. The van der Waals surface area contributed by atoms with E-state index in [9.17, 15) is 18.0 Å². The summed E-state index contributed by atoms with van der Waals surface area (Å²) in [7, 11) is 0. The van der Waals surface area contributed by atoms with Crippen LogP contribution >= 0.6 is 0 Å². The second kappa shape index (κ2) is 6.42. The summed E-state index contributed by atoms with van der Waals surface area (Å²) in [6.07, 6.45) is 2.93. The predicted octanol–water partition coefficient (Wildman–Crippen LogP) is 2.92. The Kier molecular flexibility index (Phi) is 4.62. The number of urea groups is 1. The summed E-state index contributed by atoms with van der Waals surface area (Å²) >= 11 is 0. The van der Waals surface area contributed by atoms with Crippen LogP contribution in [0.2, 0.25) is 0 Å². The summed E-state index contributed by atoms with van der Waals surface area (Å²) < 4.78 is 44.2. The number of hydrogen-bond acceptors (Lipinski definition) is 2. The third-order valence-electron chi connectivity index (χ3n) is 2.83. The van der Waals surface area contributed by atoms with E-state index in [1.807, 2.05) is 0 Å². The number of anilines is 1. The van der Waals surface area contributed by atoms with E-state index in [1.165, 1.54) is 6.20 Å². The van der Waals surface area contributed by atoms with Gasteiger partial charge in [-0.1, -0.05) is 0 Å². The zero-order valence-electron chi connectivity index (χ0n) is 10.5. The molecule has 2 N–H and O–H groups in total. The molecule has 0 aliphatic carbocycles. The van der Waals surface area contributed by atoms with E-state index < -0.39 is 29.2 Å². The maximum absolute atomic E-state index is 13.3. The monoisotopic (exact) mass is 286 g/mol. The van der Waals surface area contributed by atoms with Gasteiger partial charge in [-0.05, 0) is 30.5 Å². The van der Waals surface area contributed by atoms with Crippen LogP contribution in [-0.2, 0) is 4.74 Å². The third kappa shape index (κ3) is 3.51. The third-order valence-corrected chi connectivity index (χ3v) is 2.83. The lowest BCUT2D eigenvalue weighted by Gasteiger charge is -2.14. The molecule has 4 nitrogen and oxygen atoms in total. The molecule has 2 rings (SSSR count). The van der Waals surface area contributed by atoms with E-state index in [0.29, 0.717) is 26.1 Å². The first-order valence-electron chi connectivity index (χ1n) is 6.04. The second-order valence-corrected chi connectivity index (χ2v) is 4.24. The highest BCUT2D eigenvalue weighted by Crippen LogP contribution is 2.19. The molecule has 20 heavy (non-hydrogen) atoms. The summed E-state index contributed by atoms with van der Waals surface area (Å²) in [5, 5.41) is 4.52. The second-order valence-electron chi connectivity index (χ2n) is 4.24. The minimum atomic E-state index is -1.62. The highest BCUT2D eigenvalue weighted by molar-refractivity contribution is 5.90. The molecule has 0 spiro atoms. The first-order valence-corrected chi connectivity index (χ1v) is 6.04. The number of halogens is 3. The number of carbonyl (C=O) groups is 1. The summed E-state index contributed by atoms with van der Waals surface area (Å²) in [4.78, 5) is 11.5. The Morgan fingerprint density at radius 1 is 1.15 bits per heavy atom. The molecule has 2 amide bonds. The smallest absolute Gasteiger partial charge is 0.323 e. The number of rotatable bonds is 2. The highest BCUT2D eigenvalue weighted by atomic mass is 19.2. The van der Waals surface area contributed by atoms with Crippen molar-refractivity contribution in [1.82, 2.24) is 5.32 Å². The minimum Gasteiger partial charge on any atom is -0.381 e. The van der Waals surface area contributed by atoms with Crippen molar-refractivity contribution in [2.45, 2.75) is 12.8 Å². The van der Waals surface area contributed by atoms with Crippen LogP contribution in [0.5, 0.6) is 0 Å². The van der Waals surface area contributed by atoms with Crippen molar-refractivity contribution in [2.75, 3.05) is 18.5 Å². The van der Waals surface area contributed by atoms with Gasteiger partial charge in [-0.2, -0.15) is 0 Å². The lowest BCUT2D eigenvalue weighted by Crippen LogP contribution is -2.25. The Balaban J connectivity index is 1.96. The van der Waals surface area contributed by atoms with Gasteiger partial charge in [0.1, 0.15) is 0 Å². The number of nitrogens with one attached hydrogen (secondary N) is 2. The molecule has 108 valence electrons. The van der Waals surface area contributed by atoms with E-state index in [4.69, 9.17) is 4.74 Å². The van der Waals surface area contributed by atoms with Gasteiger partial charge in [0.15, 0.2) is 17.5 Å². The average molecular weight is 286 g/mol. The first kappa shape index (κ1) is 14.4. The number of benzene rings is 1. The van der Waals surface area contributed by atoms with Gasteiger partial charge in [0.05, 0.1) is 18.9 Å². The molecule has 1 heterocycles. The molecular weight excluding hydrogens is 273 g/mol. The van der Waals surface area contributed by atoms with Crippen LogP contribution in [0.15, 0.2) is 23.9 Å². The van der Waals surface area contributed by atoms with Crippen LogP contribution in [-0.4, -0.2) is 19.2 Å². The van der Waals surface area contributed by atoms with Crippen molar-refractivity contribution in [3.05, 3.63) is 41.4 Å². The average Bonchev–Trinajstić information content (AvgIpc) is 2.47. The van der Waals surface area contributed by atoms with E-state index in [1.54, 1.807) is 0 Å². The van der Waals surface area contributed by atoms with Crippen molar-refractivity contribution < 1.29 is 22.7 Å². The summed E-state index contributed by atoms with van der Waals surface area (Å²) in [6.45, 7) is 1.18. The number of amides is 2. The fourth-order valence-electron chi connectivity index (χ4n) is 1.73. The summed E-state index contributed by atoms with van der Waals surface area (Å²) in [5.41, 5.74) is 0.573. The molecular formula is C13H13F3N2O2. The molecule has 0 aromatic heterocycles. The predicted molar refractivity (Wildman–Crippen MR) is 66.6 cm³/mol. The van der Waals surface area contributed by atoms with Gasteiger partial charge in [0.25, 0.3) is 0 Å². The van der Waals surface area contributed by atoms with Gasteiger partial charge < -0.3 is 15.4 Å².